The van der Waals surface area contributed by atoms with Crippen molar-refractivity contribution >= 4 is 23.8 Å². The van der Waals surface area contributed by atoms with Gasteiger partial charge in [-0.15, -0.1) is 0 Å². The predicted molar refractivity (Wildman–Crippen MR) is 90.5 cm³/mol. The molecule has 7 N–H and O–H groups in total. The Morgan fingerprint density at radius 2 is 2.00 bits per heavy atom. The van der Waals surface area contributed by atoms with Crippen molar-refractivity contribution in [1.29, 1.82) is 5.41 Å². The second kappa shape index (κ2) is 9.73. The highest BCUT2D eigenvalue weighted by Gasteiger charge is 2.45. The maximum absolute atomic E-state index is 11.6. The van der Waals surface area contributed by atoms with Gasteiger partial charge >= 0.3 is 11.9 Å². The first kappa shape index (κ1) is 22.2. The first-order chi connectivity index (χ1) is 12.6. The lowest BCUT2D eigenvalue weighted by Crippen LogP contribution is -2.64. The molecule has 3 unspecified atom stereocenters. The first-order valence-electron chi connectivity index (χ1n) is 7.90. The van der Waals surface area contributed by atoms with Crippen LogP contribution in [0, 0.1) is 5.41 Å². The second-order valence-electron chi connectivity index (χ2n) is 5.80. The highest BCUT2D eigenvalue weighted by molar-refractivity contribution is 5.85. The molecular formula is C15H24N4O8. The number of carbonyl (C=O) groups is 3. The van der Waals surface area contributed by atoms with Crippen molar-refractivity contribution in [3.05, 3.63) is 11.8 Å². The lowest BCUT2D eigenvalue weighted by molar-refractivity contribution is -0.158. The molecule has 1 heterocycles. The van der Waals surface area contributed by atoms with Crippen LogP contribution >= 0.6 is 0 Å². The third-order valence-corrected chi connectivity index (χ3v) is 3.67. The first-order valence-corrected chi connectivity index (χ1v) is 7.90. The number of aliphatic hydroxyl groups is 1. The van der Waals surface area contributed by atoms with Gasteiger partial charge in [-0.05, 0) is 6.08 Å². The summed E-state index contributed by atoms with van der Waals surface area (Å²) in [5, 5.41) is 32.1. The molecule has 0 aliphatic carbocycles. The van der Waals surface area contributed by atoms with Crippen LogP contribution in [0.2, 0.25) is 0 Å². The van der Waals surface area contributed by atoms with Gasteiger partial charge < -0.3 is 40.8 Å². The summed E-state index contributed by atoms with van der Waals surface area (Å²) < 4.78 is 15.4. The summed E-state index contributed by atoms with van der Waals surface area (Å²) in [6.07, 6.45) is -2.62. The number of aliphatic carboxylic acids is 1. The molecular weight excluding hydrogens is 364 g/mol. The van der Waals surface area contributed by atoms with Crippen LogP contribution < -0.4 is 16.4 Å². The van der Waals surface area contributed by atoms with Crippen LogP contribution in [0.5, 0.6) is 0 Å². The van der Waals surface area contributed by atoms with Gasteiger partial charge in [0, 0.05) is 21.0 Å². The molecule has 0 saturated carbocycles. The SMILES string of the molecule is CO[C@@H](C1OC(C(=O)O)=CC(NC(=N)N)C1NC(C)=O)[C@H](O)COC(C)=O. The third-order valence-electron chi connectivity index (χ3n) is 3.67. The van der Waals surface area contributed by atoms with Gasteiger partial charge in [-0.25, -0.2) is 4.79 Å². The number of nitrogens with one attached hydrogen (secondary N) is 3. The van der Waals surface area contributed by atoms with Crippen molar-refractivity contribution in [3.8, 4) is 0 Å². The number of amides is 1. The lowest BCUT2D eigenvalue weighted by Gasteiger charge is -2.41. The normalized spacial score (nSPS) is 23.9. The van der Waals surface area contributed by atoms with E-state index in [1.54, 1.807) is 0 Å². The standard InChI is InChI=1S/C15H24N4O8/c1-6(20)18-11-8(19-15(16)17)4-10(14(23)24)27-13(11)12(25-3)9(22)5-26-7(2)21/h4,8-9,11-13,22H,5H2,1-3H3,(H,18,20)(H,23,24)(H4,16,17,19)/t8?,9-,11?,12-,13?/m1/s1. The molecule has 1 rings (SSSR count). The van der Waals surface area contributed by atoms with Gasteiger partial charge in [0.1, 0.15) is 18.8 Å². The Balaban J connectivity index is 3.24. The number of hydrogen-bond acceptors (Lipinski definition) is 8. The fraction of sp³-hybridized carbons (Fsp3) is 0.600. The Kier molecular flexibility index (Phi) is 7.99. The maximum Gasteiger partial charge on any atom is 0.370 e. The summed E-state index contributed by atoms with van der Waals surface area (Å²) in [6, 6.07) is -1.89. The zero-order valence-electron chi connectivity index (χ0n) is 15.1. The van der Waals surface area contributed by atoms with E-state index in [1.807, 2.05) is 0 Å². The number of hydrogen-bond donors (Lipinski definition) is 6. The Labute approximate surface area is 155 Å². The van der Waals surface area contributed by atoms with Crippen LogP contribution in [-0.2, 0) is 28.6 Å². The molecule has 0 radical (unpaired) electrons. The summed E-state index contributed by atoms with van der Waals surface area (Å²) in [5.41, 5.74) is 5.34. The number of methoxy groups -OCH3 is 1. The number of ether oxygens (including phenoxy) is 3. The van der Waals surface area contributed by atoms with Gasteiger partial charge in [0.05, 0.1) is 12.1 Å². The number of carboxylic acids is 1. The van der Waals surface area contributed by atoms with E-state index in [0.717, 1.165) is 13.0 Å². The highest BCUT2D eigenvalue weighted by Crippen LogP contribution is 2.24. The van der Waals surface area contributed by atoms with Gasteiger partial charge in [-0.1, -0.05) is 0 Å². The van der Waals surface area contributed by atoms with Crippen molar-refractivity contribution in [2.24, 2.45) is 5.73 Å². The van der Waals surface area contributed by atoms with E-state index >= 15 is 0 Å². The summed E-state index contributed by atoms with van der Waals surface area (Å²) in [5.74, 6) is -3.45. The van der Waals surface area contributed by atoms with E-state index in [9.17, 15) is 24.6 Å². The monoisotopic (exact) mass is 388 g/mol. The minimum atomic E-state index is -1.40. The van der Waals surface area contributed by atoms with Crippen molar-refractivity contribution in [3.63, 3.8) is 0 Å². The van der Waals surface area contributed by atoms with Gasteiger partial charge in [0.2, 0.25) is 11.7 Å². The molecule has 12 nitrogen and oxygen atoms in total. The molecule has 152 valence electrons. The van der Waals surface area contributed by atoms with Crippen LogP contribution in [0.15, 0.2) is 11.8 Å². The number of carboxylic acid groups (broad SMARTS) is 1. The maximum atomic E-state index is 11.6. The largest absolute Gasteiger partial charge is 0.478 e. The summed E-state index contributed by atoms with van der Waals surface area (Å²) in [4.78, 5) is 34.0. The summed E-state index contributed by atoms with van der Waals surface area (Å²) in [7, 11) is 1.24. The minimum absolute atomic E-state index is 0.433. The Morgan fingerprint density at radius 1 is 1.37 bits per heavy atom. The molecule has 0 spiro atoms. The molecule has 1 amide bonds. The zero-order chi connectivity index (χ0) is 20.7. The van der Waals surface area contributed by atoms with Gasteiger partial charge in [-0.3, -0.25) is 15.0 Å². The molecule has 5 atom stereocenters. The third kappa shape index (κ3) is 6.42. The Bertz CT molecular complexity index is 623. The molecule has 1 aliphatic heterocycles. The summed E-state index contributed by atoms with van der Waals surface area (Å²) >= 11 is 0. The lowest BCUT2D eigenvalue weighted by atomic mass is 9.92. The molecule has 1 aliphatic rings. The molecule has 0 fully saturated rings. The van der Waals surface area contributed by atoms with E-state index < -0.39 is 66.6 Å². The van der Waals surface area contributed by atoms with Crippen molar-refractivity contribution in [2.75, 3.05) is 13.7 Å². The Morgan fingerprint density at radius 3 is 2.44 bits per heavy atom. The number of rotatable bonds is 8. The topological polar surface area (TPSA) is 193 Å². The number of esters is 1. The van der Waals surface area contributed by atoms with Gasteiger partial charge in [0.15, 0.2) is 12.1 Å². The van der Waals surface area contributed by atoms with Crippen molar-refractivity contribution in [2.45, 2.75) is 44.2 Å². The number of carbonyl (C=O) groups excluding carboxylic acids is 2. The molecule has 12 heteroatoms. The molecule has 0 bridgehead atoms. The number of guanidine groups is 1. The van der Waals surface area contributed by atoms with Gasteiger partial charge in [0.25, 0.3) is 0 Å². The van der Waals surface area contributed by atoms with E-state index in [1.165, 1.54) is 14.0 Å². The zero-order valence-corrected chi connectivity index (χ0v) is 15.1. The quantitative estimate of drug-likeness (QED) is 0.149. The minimum Gasteiger partial charge on any atom is -0.478 e. The molecule has 0 aromatic carbocycles. The average molecular weight is 388 g/mol. The number of nitrogens with two attached hydrogens (primary N) is 1. The second-order valence-corrected chi connectivity index (χ2v) is 5.80. The fourth-order valence-corrected chi connectivity index (χ4v) is 2.65. The van der Waals surface area contributed by atoms with E-state index in [0.29, 0.717) is 0 Å². The van der Waals surface area contributed by atoms with Crippen LogP contribution in [0.25, 0.3) is 0 Å². The molecule has 0 saturated heterocycles. The molecule has 0 aromatic rings. The molecule has 0 aromatic heterocycles. The van der Waals surface area contributed by atoms with Crippen LogP contribution in [0.4, 0.5) is 0 Å². The van der Waals surface area contributed by atoms with E-state index in [4.69, 9.17) is 25.4 Å². The van der Waals surface area contributed by atoms with Crippen LogP contribution in [0.3, 0.4) is 0 Å². The smallest absolute Gasteiger partial charge is 0.370 e. The van der Waals surface area contributed by atoms with Crippen LogP contribution in [-0.4, -0.2) is 78.1 Å². The van der Waals surface area contributed by atoms with E-state index in [2.05, 4.69) is 10.6 Å². The van der Waals surface area contributed by atoms with Crippen molar-refractivity contribution in [1.82, 2.24) is 10.6 Å². The molecule has 27 heavy (non-hydrogen) atoms. The van der Waals surface area contributed by atoms with Crippen LogP contribution in [0.1, 0.15) is 13.8 Å². The van der Waals surface area contributed by atoms with E-state index in [-0.39, 0.29) is 0 Å². The summed E-state index contributed by atoms with van der Waals surface area (Å²) in [6.45, 7) is 1.96. The average Bonchev–Trinajstić information content (AvgIpc) is 2.54. The predicted octanol–water partition coefficient (Wildman–Crippen LogP) is -2.35. The van der Waals surface area contributed by atoms with Gasteiger partial charge in [-0.2, -0.15) is 0 Å². The number of aliphatic hydroxyl groups excluding tert-OH is 1. The highest BCUT2D eigenvalue weighted by atomic mass is 16.6. The Hall–Kier alpha value is -2.86. The van der Waals surface area contributed by atoms with Crippen molar-refractivity contribution < 1.29 is 38.8 Å². The fourth-order valence-electron chi connectivity index (χ4n) is 2.65.